The summed E-state index contributed by atoms with van der Waals surface area (Å²) in [5.74, 6) is -4.84. The molecule has 2 aliphatic rings. The molecule has 1 aromatic carbocycles. The number of hydrogen-bond donors (Lipinski definition) is 2. The molecule has 3 aromatic rings. The molecule has 1 fully saturated rings. The van der Waals surface area contributed by atoms with Gasteiger partial charge in [0.2, 0.25) is 0 Å². The minimum atomic E-state index is -3.16. The topological polar surface area (TPSA) is 122 Å². The van der Waals surface area contributed by atoms with E-state index >= 15 is 13.2 Å². The molecule has 0 spiro atoms. The number of pyridine rings is 1. The summed E-state index contributed by atoms with van der Waals surface area (Å²) in [6, 6.07) is 7.62. The number of aliphatic imine (C=N–C) groups is 1. The maximum absolute atomic E-state index is 15.1. The van der Waals surface area contributed by atoms with E-state index < -0.39 is 27.9 Å². The van der Waals surface area contributed by atoms with Gasteiger partial charge in [-0.1, -0.05) is 11.8 Å². The highest BCUT2D eigenvalue weighted by molar-refractivity contribution is 8.15. The Morgan fingerprint density at radius 1 is 1.26 bits per heavy atom. The van der Waals surface area contributed by atoms with Crippen LogP contribution in [0, 0.1) is 23.1 Å². The van der Waals surface area contributed by atoms with Gasteiger partial charge in [-0.05, 0) is 31.2 Å². The van der Waals surface area contributed by atoms with E-state index in [1.807, 2.05) is 6.07 Å². The van der Waals surface area contributed by atoms with E-state index in [0.29, 0.717) is 28.1 Å². The number of amidine groups is 1. The molecule has 5 rings (SSSR count). The van der Waals surface area contributed by atoms with Crippen molar-refractivity contribution in [1.82, 2.24) is 15.0 Å². The first-order valence-electron chi connectivity index (χ1n) is 10.2. The van der Waals surface area contributed by atoms with Crippen molar-refractivity contribution in [1.29, 1.82) is 5.26 Å². The Balaban J connectivity index is 1.56. The standard InChI is InChI=1S/C22H18F3N7OS/c1-20(18-21(9-33-2,22(18,24)25)34-19(27)32-20)13-6-12(3-4-14(13)23)31-17-16-15(29-10-30-17)5-11(7-26)8-28-16/h3-6,8,10,18H,9H2,1-2H3,(H2,27,32)(H,29,30,31)/t18-,20+,21+/m0/s1. The van der Waals surface area contributed by atoms with Gasteiger partial charge >= 0.3 is 0 Å². The summed E-state index contributed by atoms with van der Waals surface area (Å²) in [7, 11) is 1.34. The minimum Gasteiger partial charge on any atom is -0.383 e. The van der Waals surface area contributed by atoms with Crippen LogP contribution in [0.1, 0.15) is 18.1 Å². The maximum atomic E-state index is 15.1. The molecule has 12 heteroatoms. The van der Waals surface area contributed by atoms with Gasteiger partial charge in [-0.3, -0.25) is 4.99 Å². The third-order valence-corrected chi connectivity index (χ3v) is 7.53. The number of hydrogen-bond acceptors (Lipinski definition) is 9. The van der Waals surface area contributed by atoms with Gasteiger partial charge in [-0.15, -0.1) is 0 Å². The first kappa shape index (κ1) is 22.4. The molecule has 3 N–H and O–H groups in total. The number of alkyl halides is 2. The maximum Gasteiger partial charge on any atom is 0.272 e. The largest absolute Gasteiger partial charge is 0.383 e. The van der Waals surface area contributed by atoms with Crippen molar-refractivity contribution < 1.29 is 17.9 Å². The van der Waals surface area contributed by atoms with Gasteiger partial charge in [0, 0.05) is 24.6 Å². The molecule has 0 radical (unpaired) electrons. The summed E-state index contributed by atoms with van der Waals surface area (Å²) in [4.78, 5) is 16.8. The van der Waals surface area contributed by atoms with Crippen molar-refractivity contribution in [2.75, 3.05) is 19.0 Å². The number of methoxy groups -OCH3 is 1. The molecule has 1 aliphatic heterocycles. The van der Waals surface area contributed by atoms with Crippen LogP contribution in [0.3, 0.4) is 0 Å². The lowest BCUT2D eigenvalue weighted by atomic mass is 9.85. The molecule has 0 saturated heterocycles. The molecule has 0 bridgehead atoms. The van der Waals surface area contributed by atoms with Crippen molar-refractivity contribution in [3.05, 3.63) is 53.7 Å². The minimum absolute atomic E-state index is 0.0264. The Bertz CT molecular complexity index is 1390. The number of nitriles is 1. The first-order chi connectivity index (χ1) is 16.2. The van der Waals surface area contributed by atoms with Crippen LogP contribution in [0.15, 0.2) is 41.8 Å². The van der Waals surface area contributed by atoms with E-state index in [9.17, 15) is 0 Å². The summed E-state index contributed by atoms with van der Waals surface area (Å²) < 4.78 is 48.7. The molecule has 174 valence electrons. The van der Waals surface area contributed by atoms with Crippen LogP contribution in [0.2, 0.25) is 0 Å². The molecule has 34 heavy (non-hydrogen) atoms. The van der Waals surface area contributed by atoms with Crippen molar-refractivity contribution in [3.63, 3.8) is 0 Å². The van der Waals surface area contributed by atoms with Crippen LogP contribution in [0.4, 0.5) is 24.7 Å². The fourth-order valence-corrected chi connectivity index (χ4v) is 6.21. The molecule has 3 atom stereocenters. The lowest BCUT2D eigenvalue weighted by molar-refractivity contribution is 0.0637. The number of nitrogens with zero attached hydrogens (tertiary/aromatic N) is 5. The Kier molecular flexibility index (Phi) is 4.96. The number of thioether (sulfide) groups is 1. The second-order valence-corrected chi connectivity index (χ2v) is 9.67. The van der Waals surface area contributed by atoms with Gasteiger partial charge in [0.1, 0.15) is 28.5 Å². The predicted octanol–water partition coefficient (Wildman–Crippen LogP) is 3.71. The van der Waals surface area contributed by atoms with E-state index in [4.69, 9.17) is 15.7 Å². The van der Waals surface area contributed by atoms with Gasteiger partial charge in [-0.2, -0.15) is 5.26 Å². The van der Waals surface area contributed by atoms with Crippen LogP contribution in [0.25, 0.3) is 11.0 Å². The fourth-order valence-electron chi connectivity index (χ4n) is 4.73. The van der Waals surface area contributed by atoms with E-state index in [-0.39, 0.29) is 17.3 Å². The summed E-state index contributed by atoms with van der Waals surface area (Å²) in [6.07, 6.45) is 2.68. The number of fused-ring (bicyclic) bond motifs is 2. The van der Waals surface area contributed by atoms with Crippen LogP contribution < -0.4 is 11.1 Å². The number of nitrogens with one attached hydrogen (secondary N) is 1. The van der Waals surface area contributed by atoms with Crippen molar-refractivity contribution in [3.8, 4) is 6.07 Å². The van der Waals surface area contributed by atoms with Crippen molar-refractivity contribution >= 4 is 39.5 Å². The first-order valence-corrected chi connectivity index (χ1v) is 11.0. The second kappa shape index (κ2) is 7.54. The van der Waals surface area contributed by atoms with E-state index in [1.165, 1.54) is 44.8 Å². The average molecular weight is 485 g/mol. The molecule has 1 aliphatic carbocycles. The second-order valence-electron chi connectivity index (χ2n) is 8.32. The highest BCUT2D eigenvalue weighted by Gasteiger charge is 2.87. The predicted molar refractivity (Wildman–Crippen MR) is 121 cm³/mol. The summed E-state index contributed by atoms with van der Waals surface area (Å²) in [5.41, 5.74) is 5.85. The zero-order chi connectivity index (χ0) is 24.3. The molecule has 3 heterocycles. The number of rotatable bonds is 5. The van der Waals surface area contributed by atoms with Gasteiger partial charge in [-0.25, -0.2) is 28.1 Å². The number of ether oxygens (including phenoxy) is 1. The fraction of sp³-hybridized carbons (Fsp3) is 0.318. The average Bonchev–Trinajstić information content (AvgIpc) is 3.29. The van der Waals surface area contributed by atoms with Gasteiger partial charge < -0.3 is 15.8 Å². The molecule has 0 unspecified atom stereocenters. The van der Waals surface area contributed by atoms with E-state index in [0.717, 1.165) is 11.8 Å². The van der Waals surface area contributed by atoms with Crippen molar-refractivity contribution in [2.45, 2.75) is 23.1 Å². The number of nitrogens with two attached hydrogens (primary N) is 1. The zero-order valence-electron chi connectivity index (χ0n) is 18.0. The smallest absolute Gasteiger partial charge is 0.272 e. The van der Waals surface area contributed by atoms with E-state index in [1.54, 1.807) is 6.07 Å². The zero-order valence-corrected chi connectivity index (χ0v) is 18.8. The van der Waals surface area contributed by atoms with Crippen molar-refractivity contribution in [2.24, 2.45) is 16.6 Å². The molecule has 8 nitrogen and oxygen atoms in total. The molecule has 1 saturated carbocycles. The lowest BCUT2D eigenvalue weighted by Gasteiger charge is -2.32. The monoisotopic (exact) mass is 485 g/mol. The molecule has 2 aromatic heterocycles. The van der Waals surface area contributed by atoms with Gasteiger partial charge in [0.15, 0.2) is 11.0 Å². The molecular weight excluding hydrogens is 467 g/mol. The van der Waals surface area contributed by atoms with E-state index in [2.05, 4.69) is 25.3 Å². The summed E-state index contributed by atoms with van der Waals surface area (Å²) >= 11 is 0.775. The summed E-state index contributed by atoms with van der Waals surface area (Å²) in [6.45, 7) is 1.22. The number of anilines is 2. The van der Waals surface area contributed by atoms with Crippen LogP contribution in [-0.2, 0) is 10.3 Å². The highest BCUT2D eigenvalue weighted by Crippen LogP contribution is 2.74. The summed E-state index contributed by atoms with van der Waals surface area (Å²) in [5, 5.41) is 12.1. The van der Waals surface area contributed by atoms with Crippen LogP contribution >= 0.6 is 11.8 Å². The molecule has 0 amide bonds. The highest BCUT2D eigenvalue weighted by atomic mass is 32.2. The SMILES string of the molecule is COC[C@@]12SC(N)=N[C@](C)(c3cc(Nc4ncnc5cc(C#N)cnc45)ccc3F)[C@@H]1C2(F)F. The Morgan fingerprint density at radius 3 is 2.79 bits per heavy atom. The van der Waals surface area contributed by atoms with Crippen LogP contribution in [-0.4, -0.2) is 44.5 Å². The quantitative estimate of drug-likeness (QED) is 0.561. The van der Waals surface area contributed by atoms with Gasteiger partial charge in [0.05, 0.1) is 29.1 Å². The number of aromatic nitrogens is 3. The van der Waals surface area contributed by atoms with Crippen LogP contribution in [0.5, 0.6) is 0 Å². The van der Waals surface area contributed by atoms with Gasteiger partial charge in [0.25, 0.3) is 5.92 Å². The Morgan fingerprint density at radius 2 is 2.06 bits per heavy atom. The third-order valence-electron chi connectivity index (χ3n) is 6.24. The molecular formula is C22H18F3N7OS. The Labute approximate surface area is 196 Å². The third kappa shape index (κ3) is 3.11. The Hall–Kier alpha value is -3.43. The number of benzene rings is 1. The number of halogens is 3. The normalized spacial score (nSPS) is 26.9. The lowest BCUT2D eigenvalue weighted by Crippen LogP contribution is -2.37.